The van der Waals surface area contributed by atoms with E-state index in [1.165, 1.54) is 22.3 Å². The van der Waals surface area contributed by atoms with Crippen molar-refractivity contribution in [3.8, 4) is 11.1 Å². The van der Waals surface area contributed by atoms with Gasteiger partial charge in [-0.05, 0) is 59.8 Å². The van der Waals surface area contributed by atoms with Crippen LogP contribution >= 0.6 is 0 Å². The van der Waals surface area contributed by atoms with E-state index in [2.05, 4.69) is 76.2 Å². The van der Waals surface area contributed by atoms with Crippen molar-refractivity contribution in [1.29, 1.82) is 0 Å². The highest BCUT2D eigenvalue weighted by molar-refractivity contribution is 6.07. The van der Waals surface area contributed by atoms with E-state index in [4.69, 9.17) is 19.5 Å². The van der Waals surface area contributed by atoms with Crippen LogP contribution in [0.15, 0.2) is 58.5 Å². The van der Waals surface area contributed by atoms with Crippen molar-refractivity contribution in [2.24, 2.45) is 27.2 Å². The smallest absolute Gasteiger partial charge is 0.200 e. The van der Waals surface area contributed by atoms with E-state index >= 15 is 0 Å². The molecule has 174 valence electrons. The Morgan fingerprint density at radius 1 is 0.727 bits per heavy atom. The minimum absolute atomic E-state index is 0.207. The van der Waals surface area contributed by atoms with Gasteiger partial charge in [0.25, 0.3) is 0 Å². The molecule has 0 amide bonds. The molecular formula is C29H36N2O2. The first kappa shape index (κ1) is 22.2. The number of hydrogen-bond donors (Lipinski definition) is 0. The molecule has 2 aliphatic heterocycles. The summed E-state index contributed by atoms with van der Waals surface area (Å²) in [4.78, 5) is 10.4. The van der Waals surface area contributed by atoms with Crippen molar-refractivity contribution < 1.29 is 9.47 Å². The second-order valence-corrected chi connectivity index (χ2v) is 10.8. The molecule has 1 aliphatic carbocycles. The maximum absolute atomic E-state index is 6.41. The second-order valence-electron chi connectivity index (χ2n) is 10.8. The van der Waals surface area contributed by atoms with E-state index in [1.54, 1.807) is 0 Å². The molecule has 0 aromatic heterocycles. The summed E-state index contributed by atoms with van der Waals surface area (Å²) in [6.45, 7) is 10.3. The zero-order chi connectivity index (χ0) is 23.0. The first-order chi connectivity index (χ1) is 15.9. The summed E-state index contributed by atoms with van der Waals surface area (Å²) in [7, 11) is 0. The average molecular weight is 445 g/mol. The van der Waals surface area contributed by atoms with Crippen LogP contribution in [0.4, 0.5) is 0 Å². The van der Waals surface area contributed by atoms with Gasteiger partial charge in [-0.2, -0.15) is 0 Å². The van der Waals surface area contributed by atoms with Gasteiger partial charge in [-0.25, -0.2) is 9.98 Å². The number of aliphatic imine (C=N–C) groups is 2. The topological polar surface area (TPSA) is 43.2 Å². The Kier molecular flexibility index (Phi) is 6.03. The zero-order valence-corrected chi connectivity index (χ0v) is 20.4. The normalized spacial score (nSPS) is 23.3. The van der Waals surface area contributed by atoms with Crippen LogP contribution in [0.5, 0.6) is 0 Å². The van der Waals surface area contributed by atoms with E-state index in [0.29, 0.717) is 25.0 Å². The van der Waals surface area contributed by atoms with Crippen LogP contribution in [0.2, 0.25) is 0 Å². The van der Waals surface area contributed by atoms with Gasteiger partial charge in [0, 0.05) is 0 Å². The summed E-state index contributed by atoms with van der Waals surface area (Å²) in [5.41, 5.74) is 4.70. The minimum atomic E-state index is -0.500. The van der Waals surface area contributed by atoms with Gasteiger partial charge < -0.3 is 9.47 Å². The number of nitrogens with zero attached hydrogens (tertiary/aromatic N) is 2. The van der Waals surface area contributed by atoms with Gasteiger partial charge >= 0.3 is 0 Å². The van der Waals surface area contributed by atoms with Crippen LogP contribution in [0.25, 0.3) is 11.1 Å². The third-order valence-corrected chi connectivity index (χ3v) is 7.04. The van der Waals surface area contributed by atoms with Crippen LogP contribution in [0.1, 0.15) is 51.7 Å². The van der Waals surface area contributed by atoms with Gasteiger partial charge in [-0.15, -0.1) is 0 Å². The average Bonchev–Trinajstić information content (AvgIpc) is 3.40. The largest absolute Gasteiger partial charge is 0.478 e. The molecule has 0 N–H and O–H groups in total. The Labute approximate surface area is 198 Å². The first-order valence-corrected chi connectivity index (χ1v) is 12.5. The van der Waals surface area contributed by atoms with Crippen LogP contribution in [-0.2, 0) is 22.3 Å². The predicted octanol–water partition coefficient (Wildman–Crippen LogP) is 6.13. The van der Waals surface area contributed by atoms with Crippen LogP contribution < -0.4 is 0 Å². The van der Waals surface area contributed by atoms with Crippen LogP contribution in [0, 0.1) is 17.3 Å². The molecule has 0 spiro atoms. The van der Waals surface area contributed by atoms with Gasteiger partial charge in [-0.1, -0.05) is 76.2 Å². The molecule has 2 atom stereocenters. The van der Waals surface area contributed by atoms with E-state index < -0.39 is 5.41 Å². The standard InChI is InChI=1S/C29H36N2O2/c1-19(2)13-23-17-32-27(30-23)29(28-31-24(18-33-28)14-20(3)4)15-21-9-5-7-11-25(21)26-12-8-6-10-22(26)16-29/h5-12,19-20,23-24H,13-18H2,1-4H3/t23-,24-/m0/s1. The lowest BCUT2D eigenvalue weighted by atomic mass is 9.77. The highest BCUT2D eigenvalue weighted by Crippen LogP contribution is 2.44. The Hall–Kier alpha value is -2.62. The van der Waals surface area contributed by atoms with Gasteiger partial charge in [-0.3, -0.25) is 0 Å². The number of rotatable bonds is 6. The fourth-order valence-corrected chi connectivity index (χ4v) is 5.67. The molecule has 33 heavy (non-hydrogen) atoms. The van der Waals surface area contributed by atoms with E-state index in [9.17, 15) is 0 Å². The molecule has 0 bridgehead atoms. The molecule has 3 aliphatic rings. The SMILES string of the molecule is CC(C)C[C@H]1COC(C2(C3=N[C@@H](CC(C)C)CO3)Cc3ccccc3-c3ccccc3C2)=N1. The van der Waals surface area contributed by atoms with Gasteiger partial charge in [0.2, 0.25) is 0 Å². The van der Waals surface area contributed by atoms with E-state index in [0.717, 1.165) is 37.5 Å². The van der Waals surface area contributed by atoms with Crippen LogP contribution in [-0.4, -0.2) is 37.1 Å². The quantitative estimate of drug-likeness (QED) is 0.538. The molecule has 2 aromatic rings. The van der Waals surface area contributed by atoms with Gasteiger partial charge in [0.05, 0.1) is 12.1 Å². The Bertz CT molecular complexity index is 983. The highest BCUT2D eigenvalue weighted by atomic mass is 16.5. The van der Waals surface area contributed by atoms with Crippen molar-refractivity contribution in [1.82, 2.24) is 0 Å². The Balaban J connectivity index is 1.64. The van der Waals surface area contributed by atoms with Gasteiger partial charge in [0.15, 0.2) is 11.8 Å². The molecule has 0 radical (unpaired) electrons. The summed E-state index contributed by atoms with van der Waals surface area (Å²) in [5, 5.41) is 0. The van der Waals surface area contributed by atoms with Crippen LogP contribution in [0.3, 0.4) is 0 Å². The van der Waals surface area contributed by atoms with Crippen molar-refractivity contribution >= 4 is 11.8 Å². The maximum Gasteiger partial charge on any atom is 0.200 e. The van der Waals surface area contributed by atoms with E-state index in [-0.39, 0.29) is 12.1 Å². The fourth-order valence-electron chi connectivity index (χ4n) is 5.67. The lowest BCUT2D eigenvalue weighted by molar-refractivity contribution is 0.242. The van der Waals surface area contributed by atoms with Crippen molar-refractivity contribution in [3.63, 3.8) is 0 Å². The summed E-state index contributed by atoms with van der Waals surface area (Å²) < 4.78 is 12.8. The lowest BCUT2D eigenvalue weighted by Gasteiger charge is -2.31. The molecule has 0 saturated carbocycles. The monoisotopic (exact) mass is 444 g/mol. The molecule has 4 heteroatoms. The molecule has 0 unspecified atom stereocenters. The maximum atomic E-state index is 6.41. The Morgan fingerprint density at radius 3 is 1.58 bits per heavy atom. The second kappa shape index (κ2) is 8.96. The number of hydrogen-bond acceptors (Lipinski definition) is 4. The van der Waals surface area contributed by atoms with Gasteiger partial charge in [0.1, 0.15) is 18.6 Å². The fraction of sp³-hybridized carbons (Fsp3) is 0.517. The summed E-state index contributed by atoms with van der Waals surface area (Å²) in [6.07, 6.45) is 3.66. The van der Waals surface area contributed by atoms with E-state index in [1.807, 2.05) is 0 Å². The molecule has 4 nitrogen and oxygen atoms in total. The number of fused-ring (bicyclic) bond motifs is 3. The summed E-state index contributed by atoms with van der Waals surface area (Å²) in [6, 6.07) is 17.9. The number of ether oxygens (including phenoxy) is 2. The number of benzene rings is 2. The first-order valence-electron chi connectivity index (χ1n) is 12.5. The third kappa shape index (κ3) is 4.32. The molecule has 0 fully saturated rings. The minimum Gasteiger partial charge on any atom is -0.478 e. The lowest BCUT2D eigenvalue weighted by Crippen LogP contribution is -2.43. The predicted molar refractivity (Wildman–Crippen MR) is 135 cm³/mol. The third-order valence-electron chi connectivity index (χ3n) is 7.04. The molecule has 2 aromatic carbocycles. The van der Waals surface area contributed by atoms with Crippen molar-refractivity contribution in [3.05, 3.63) is 59.7 Å². The van der Waals surface area contributed by atoms with Crippen molar-refractivity contribution in [2.45, 2.75) is 65.5 Å². The highest BCUT2D eigenvalue weighted by Gasteiger charge is 2.50. The zero-order valence-electron chi connectivity index (χ0n) is 20.4. The summed E-state index contributed by atoms with van der Waals surface area (Å²) >= 11 is 0. The Morgan fingerprint density at radius 2 is 1.15 bits per heavy atom. The molecule has 0 saturated heterocycles. The molecule has 5 rings (SSSR count). The molecular weight excluding hydrogens is 408 g/mol. The molecule has 2 heterocycles. The summed E-state index contributed by atoms with van der Waals surface area (Å²) in [5.74, 6) is 2.82. The van der Waals surface area contributed by atoms with Crippen molar-refractivity contribution in [2.75, 3.05) is 13.2 Å².